The van der Waals surface area contributed by atoms with Gasteiger partial charge in [-0.25, -0.2) is 9.36 Å². The lowest BCUT2D eigenvalue weighted by Crippen LogP contribution is -2.47. The molecule has 1 amide bonds. The largest absolute Gasteiger partial charge is 0.494 e. The first-order valence-corrected chi connectivity index (χ1v) is 9.80. The van der Waals surface area contributed by atoms with Crippen molar-refractivity contribution in [2.45, 2.75) is 51.5 Å². The first-order chi connectivity index (χ1) is 14.0. The summed E-state index contributed by atoms with van der Waals surface area (Å²) in [6, 6.07) is 7.59. The summed E-state index contributed by atoms with van der Waals surface area (Å²) in [5.41, 5.74) is 2.67. The topological polar surface area (TPSA) is 99.7 Å². The minimum absolute atomic E-state index is 0.106. The zero-order chi connectivity index (χ0) is 20.4. The fourth-order valence-corrected chi connectivity index (χ4v) is 4.10. The smallest absolute Gasteiger partial charge is 0.252 e. The summed E-state index contributed by atoms with van der Waals surface area (Å²) >= 11 is 0. The molecule has 0 saturated heterocycles. The molecule has 3 aromatic rings. The third-order valence-corrected chi connectivity index (χ3v) is 5.57. The molecule has 2 heterocycles. The van der Waals surface area contributed by atoms with Gasteiger partial charge in [0.25, 0.3) is 5.91 Å². The number of nitrogens with one attached hydrogen (secondary N) is 1. The molecule has 0 aliphatic heterocycles. The van der Waals surface area contributed by atoms with E-state index in [2.05, 4.69) is 25.9 Å². The van der Waals surface area contributed by atoms with E-state index in [1.807, 2.05) is 42.8 Å². The molecular weight excluding hydrogens is 370 g/mol. The summed E-state index contributed by atoms with van der Waals surface area (Å²) in [4.78, 5) is 13.3. The van der Waals surface area contributed by atoms with Gasteiger partial charge < -0.3 is 10.1 Å². The van der Waals surface area contributed by atoms with Crippen molar-refractivity contribution >= 4 is 11.6 Å². The highest BCUT2D eigenvalue weighted by Crippen LogP contribution is 2.36. The molecule has 29 heavy (non-hydrogen) atoms. The van der Waals surface area contributed by atoms with Crippen LogP contribution in [0.15, 0.2) is 30.6 Å². The van der Waals surface area contributed by atoms with Crippen LogP contribution in [0.3, 0.4) is 0 Å². The predicted molar refractivity (Wildman–Crippen MR) is 107 cm³/mol. The van der Waals surface area contributed by atoms with Crippen molar-refractivity contribution in [3.63, 3.8) is 0 Å². The van der Waals surface area contributed by atoms with Gasteiger partial charge in [-0.2, -0.15) is 5.10 Å². The van der Waals surface area contributed by atoms with Gasteiger partial charge in [0.15, 0.2) is 0 Å². The quantitative estimate of drug-likeness (QED) is 0.713. The minimum Gasteiger partial charge on any atom is -0.494 e. The van der Waals surface area contributed by atoms with Crippen LogP contribution in [0.25, 0.3) is 5.69 Å². The molecule has 1 saturated carbocycles. The van der Waals surface area contributed by atoms with Crippen LogP contribution in [-0.4, -0.2) is 43.0 Å². The van der Waals surface area contributed by atoms with E-state index in [-0.39, 0.29) is 5.91 Å². The molecule has 152 valence electrons. The third kappa shape index (κ3) is 3.48. The van der Waals surface area contributed by atoms with E-state index in [1.54, 1.807) is 11.8 Å². The molecule has 2 aromatic heterocycles. The number of carbonyl (C=O) groups is 1. The van der Waals surface area contributed by atoms with Gasteiger partial charge in [-0.1, -0.05) is 19.3 Å². The summed E-state index contributed by atoms with van der Waals surface area (Å²) in [5.74, 6) is 0.527. The normalized spacial score (nSPS) is 15.8. The molecular formula is C20H25N7O2. The minimum atomic E-state index is -0.761. The summed E-state index contributed by atoms with van der Waals surface area (Å²) in [5, 5.41) is 19.1. The Hall–Kier alpha value is -3.23. The molecule has 9 heteroatoms. The average molecular weight is 395 g/mol. The number of anilines is 1. The number of amides is 1. The first kappa shape index (κ1) is 19.1. The second kappa shape index (κ2) is 7.65. The number of hydrogen-bond acceptors (Lipinski definition) is 6. The number of aromatic nitrogens is 6. The van der Waals surface area contributed by atoms with E-state index < -0.39 is 5.54 Å². The lowest BCUT2D eigenvalue weighted by molar-refractivity contribution is -0.126. The second-order valence-corrected chi connectivity index (χ2v) is 7.53. The third-order valence-electron chi connectivity index (χ3n) is 5.57. The van der Waals surface area contributed by atoms with Gasteiger partial charge in [-0.3, -0.25) is 4.79 Å². The molecule has 4 rings (SSSR count). The van der Waals surface area contributed by atoms with Crippen LogP contribution in [0, 0.1) is 13.8 Å². The molecule has 1 fully saturated rings. The average Bonchev–Trinajstić information content (AvgIpc) is 3.38. The zero-order valence-electron chi connectivity index (χ0n) is 16.9. The van der Waals surface area contributed by atoms with E-state index in [1.165, 1.54) is 6.33 Å². The van der Waals surface area contributed by atoms with Crippen molar-refractivity contribution in [2.75, 3.05) is 12.4 Å². The molecule has 0 unspecified atom stereocenters. The van der Waals surface area contributed by atoms with Crippen molar-refractivity contribution in [3.05, 3.63) is 42.0 Å². The van der Waals surface area contributed by atoms with Gasteiger partial charge in [0.05, 0.1) is 12.8 Å². The predicted octanol–water partition coefficient (Wildman–Crippen LogP) is 2.78. The standard InChI is InChI=1S/C20H25N7O2/c1-14-11-15(2)27(23-14)17-8-7-16(12-18(17)29-3)22-19(28)20(9-5-4-6-10-20)26-13-21-24-25-26/h7-8,11-13H,4-6,9-10H2,1-3H3,(H,22,28). The zero-order valence-corrected chi connectivity index (χ0v) is 16.9. The van der Waals surface area contributed by atoms with Crippen LogP contribution < -0.4 is 10.1 Å². The molecule has 0 atom stereocenters. The Morgan fingerprint density at radius 1 is 1.17 bits per heavy atom. The van der Waals surface area contributed by atoms with Crippen molar-refractivity contribution in [1.82, 2.24) is 30.0 Å². The Morgan fingerprint density at radius 2 is 1.97 bits per heavy atom. The summed E-state index contributed by atoms with van der Waals surface area (Å²) in [6.45, 7) is 3.95. The number of nitrogens with zero attached hydrogens (tertiary/aromatic N) is 6. The Kier molecular flexibility index (Phi) is 5.04. The van der Waals surface area contributed by atoms with Crippen LogP contribution in [0.4, 0.5) is 5.69 Å². The fourth-order valence-electron chi connectivity index (χ4n) is 4.10. The summed E-state index contributed by atoms with van der Waals surface area (Å²) < 4.78 is 9.02. The molecule has 1 aliphatic rings. The Labute approximate surface area is 169 Å². The van der Waals surface area contributed by atoms with Crippen LogP contribution in [0.1, 0.15) is 43.5 Å². The van der Waals surface area contributed by atoms with Crippen molar-refractivity contribution < 1.29 is 9.53 Å². The number of hydrogen-bond donors (Lipinski definition) is 1. The molecule has 1 N–H and O–H groups in total. The highest BCUT2D eigenvalue weighted by molar-refractivity contribution is 5.97. The number of rotatable bonds is 5. The van der Waals surface area contributed by atoms with Crippen LogP contribution >= 0.6 is 0 Å². The van der Waals surface area contributed by atoms with E-state index in [4.69, 9.17) is 4.74 Å². The second-order valence-electron chi connectivity index (χ2n) is 7.53. The van der Waals surface area contributed by atoms with Crippen LogP contribution in [-0.2, 0) is 10.3 Å². The Bertz CT molecular complexity index is 1000. The number of tetrazole rings is 1. The molecule has 0 spiro atoms. The van der Waals surface area contributed by atoms with Crippen LogP contribution in [0.2, 0.25) is 0 Å². The molecule has 1 aromatic carbocycles. The maximum Gasteiger partial charge on any atom is 0.252 e. The molecule has 9 nitrogen and oxygen atoms in total. The highest BCUT2D eigenvalue weighted by atomic mass is 16.5. The first-order valence-electron chi connectivity index (χ1n) is 9.80. The number of methoxy groups -OCH3 is 1. The van der Waals surface area contributed by atoms with E-state index in [0.29, 0.717) is 24.3 Å². The van der Waals surface area contributed by atoms with E-state index in [0.717, 1.165) is 36.3 Å². The van der Waals surface area contributed by atoms with Crippen molar-refractivity contribution in [1.29, 1.82) is 0 Å². The van der Waals surface area contributed by atoms with Gasteiger partial charge in [0.1, 0.15) is 23.3 Å². The Morgan fingerprint density at radius 3 is 2.59 bits per heavy atom. The van der Waals surface area contributed by atoms with Gasteiger partial charge in [0, 0.05) is 17.4 Å². The van der Waals surface area contributed by atoms with Gasteiger partial charge in [0.2, 0.25) is 0 Å². The van der Waals surface area contributed by atoms with E-state index in [9.17, 15) is 4.79 Å². The van der Waals surface area contributed by atoms with Gasteiger partial charge in [-0.05, 0) is 55.3 Å². The van der Waals surface area contributed by atoms with Crippen LogP contribution in [0.5, 0.6) is 5.75 Å². The lowest BCUT2D eigenvalue weighted by atomic mass is 9.81. The number of carbonyl (C=O) groups excluding carboxylic acids is 1. The van der Waals surface area contributed by atoms with Gasteiger partial charge >= 0.3 is 0 Å². The maximum absolute atomic E-state index is 13.3. The number of benzene rings is 1. The lowest BCUT2D eigenvalue weighted by Gasteiger charge is -2.35. The highest BCUT2D eigenvalue weighted by Gasteiger charge is 2.42. The summed E-state index contributed by atoms with van der Waals surface area (Å²) in [6.07, 6.45) is 6.00. The number of aryl methyl sites for hydroxylation is 2. The van der Waals surface area contributed by atoms with E-state index >= 15 is 0 Å². The molecule has 0 bridgehead atoms. The SMILES string of the molecule is COc1cc(NC(=O)C2(n3cnnn3)CCCCC2)ccc1-n1nc(C)cc1C. The van der Waals surface area contributed by atoms with Gasteiger partial charge in [-0.15, -0.1) is 5.10 Å². The number of ether oxygens (including phenoxy) is 1. The Balaban J connectivity index is 1.63. The molecule has 0 radical (unpaired) electrons. The van der Waals surface area contributed by atoms with Crippen molar-refractivity contribution in [2.24, 2.45) is 0 Å². The summed E-state index contributed by atoms with van der Waals surface area (Å²) in [7, 11) is 1.61. The van der Waals surface area contributed by atoms with Crippen molar-refractivity contribution in [3.8, 4) is 11.4 Å². The fraction of sp³-hybridized carbons (Fsp3) is 0.450. The maximum atomic E-state index is 13.3. The monoisotopic (exact) mass is 395 g/mol. The molecule has 1 aliphatic carbocycles.